The van der Waals surface area contributed by atoms with E-state index in [0.29, 0.717) is 13.0 Å². The summed E-state index contributed by atoms with van der Waals surface area (Å²) >= 11 is 0. The lowest BCUT2D eigenvalue weighted by Gasteiger charge is -2.20. The number of carbonyl (C=O) groups excluding carboxylic acids is 1. The van der Waals surface area contributed by atoms with Crippen molar-refractivity contribution >= 4 is 5.91 Å². The number of hydrogen-bond acceptors (Lipinski definition) is 3. The minimum absolute atomic E-state index is 0.0580. The van der Waals surface area contributed by atoms with E-state index in [0.717, 1.165) is 12.2 Å². The molecule has 0 fully saturated rings. The first-order chi connectivity index (χ1) is 9.66. The number of likely N-dealkylation sites (N-methyl/N-ethyl adjacent to an activating group) is 1. The van der Waals surface area contributed by atoms with Crippen LogP contribution in [0.15, 0.2) is 53.1 Å². The van der Waals surface area contributed by atoms with Gasteiger partial charge in [0.25, 0.3) is 0 Å². The maximum atomic E-state index is 12.1. The van der Waals surface area contributed by atoms with Crippen molar-refractivity contribution in [2.45, 2.75) is 25.4 Å². The number of nitrogens with zero attached hydrogens (tertiary/aromatic N) is 1. The largest absolute Gasteiger partial charge is 0.467 e. The molecule has 2 N–H and O–H groups in total. The summed E-state index contributed by atoms with van der Waals surface area (Å²) < 4.78 is 5.23. The fraction of sp³-hybridized carbons (Fsp3) is 0.312. The second kappa shape index (κ2) is 6.91. The molecule has 0 spiro atoms. The van der Waals surface area contributed by atoms with Gasteiger partial charge in [0.05, 0.1) is 18.8 Å². The molecule has 0 saturated heterocycles. The van der Waals surface area contributed by atoms with Crippen LogP contribution in [-0.4, -0.2) is 23.9 Å². The van der Waals surface area contributed by atoms with Crippen molar-refractivity contribution in [3.05, 3.63) is 60.1 Å². The molecule has 4 nitrogen and oxygen atoms in total. The van der Waals surface area contributed by atoms with Crippen LogP contribution in [0.3, 0.4) is 0 Å². The molecule has 2 rings (SSSR count). The van der Waals surface area contributed by atoms with E-state index in [2.05, 4.69) is 0 Å². The zero-order chi connectivity index (χ0) is 14.4. The molecule has 1 aromatic carbocycles. The Hall–Kier alpha value is -2.07. The van der Waals surface area contributed by atoms with Crippen LogP contribution in [0.1, 0.15) is 17.7 Å². The van der Waals surface area contributed by atoms with Crippen LogP contribution in [0, 0.1) is 0 Å². The van der Waals surface area contributed by atoms with Gasteiger partial charge in [0.15, 0.2) is 0 Å². The van der Waals surface area contributed by atoms with Crippen molar-refractivity contribution in [3.8, 4) is 0 Å². The van der Waals surface area contributed by atoms with E-state index in [9.17, 15) is 4.79 Å². The molecule has 0 aliphatic carbocycles. The van der Waals surface area contributed by atoms with Crippen molar-refractivity contribution in [2.75, 3.05) is 7.05 Å². The third kappa shape index (κ3) is 3.96. The average Bonchev–Trinajstić information content (AvgIpc) is 2.98. The van der Waals surface area contributed by atoms with Gasteiger partial charge in [0.2, 0.25) is 5.91 Å². The van der Waals surface area contributed by atoms with Crippen LogP contribution < -0.4 is 5.73 Å². The van der Waals surface area contributed by atoms with Gasteiger partial charge in [-0.15, -0.1) is 0 Å². The van der Waals surface area contributed by atoms with Crippen LogP contribution in [-0.2, 0) is 17.8 Å². The number of furan rings is 1. The van der Waals surface area contributed by atoms with Crippen LogP contribution in [0.4, 0.5) is 0 Å². The van der Waals surface area contributed by atoms with E-state index < -0.39 is 6.04 Å². The average molecular weight is 272 g/mol. The number of nitrogens with two attached hydrogens (primary N) is 1. The standard InChI is InChI=1S/C16H20N2O2/c1-18(12-14-8-5-11-20-14)16(19)15(17)10-9-13-6-3-2-4-7-13/h2-8,11,15H,9-10,12,17H2,1H3/t15-/m0/s1. The van der Waals surface area contributed by atoms with E-state index in [1.807, 2.05) is 42.5 Å². The Morgan fingerprint density at radius 1 is 1.25 bits per heavy atom. The molecule has 1 heterocycles. The molecule has 4 heteroatoms. The molecule has 1 aromatic heterocycles. The van der Waals surface area contributed by atoms with E-state index in [1.54, 1.807) is 18.2 Å². The Labute approximate surface area is 119 Å². The third-order valence-electron chi connectivity index (χ3n) is 3.25. The molecule has 1 amide bonds. The van der Waals surface area contributed by atoms with Crippen molar-refractivity contribution in [2.24, 2.45) is 5.73 Å². The molecule has 0 bridgehead atoms. The van der Waals surface area contributed by atoms with Gasteiger partial charge < -0.3 is 15.1 Å². The number of benzene rings is 1. The highest BCUT2D eigenvalue weighted by molar-refractivity contribution is 5.81. The first kappa shape index (κ1) is 14.3. The summed E-state index contributed by atoms with van der Waals surface area (Å²) in [5, 5.41) is 0. The van der Waals surface area contributed by atoms with Crippen LogP contribution in [0.25, 0.3) is 0 Å². The minimum Gasteiger partial charge on any atom is -0.467 e. The highest BCUT2D eigenvalue weighted by Gasteiger charge is 2.18. The Kier molecular flexibility index (Phi) is 4.96. The van der Waals surface area contributed by atoms with E-state index in [-0.39, 0.29) is 5.91 Å². The van der Waals surface area contributed by atoms with Crippen molar-refractivity contribution < 1.29 is 9.21 Å². The summed E-state index contributed by atoms with van der Waals surface area (Å²) in [5.74, 6) is 0.702. The zero-order valence-corrected chi connectivity index (χ0v) is 11.7. The molecule has 0 aliphatic heterocycles. The van der Waals surface area contributed by atoms with Gasteiger partial charge in [0, 0.05) is 7.05 Å². The molecule has 0 unspecified atom stereocenters. The van der Waals surface area contributed by atoms with Gasteiger partial charge in [0.1, 0.15) is 5.76 Å². The van der Waals surface area contributed by atoms with Crippen LogP contribution in [0.2, 0.25) is 0 Å². The van der Waals surface area contributed by atoms with Gasteiger partial charge in [-0.1, -0.05) is 30.3 Å². The predicted molar refractivity (Wildman–Crippen MR) is 77.9 cm³/mol. The summed E-state index contributed by atoms with van der Waals surface area (Å²) in [5.41, 5.74) is 7.17. The highest BCUT2D eigenvalue weighted by Crippen LogP contribution is 2.08. The lowest BCUT2D eigenvalue weighted by atomic mass is 10.1. The minimum atomic E-state index is -0.477. The fourth-order valence-corrected chi connectivity index (χ4v) is 2.09. The normalized spacial score (nSPS) is 12.1. The fourth-order valence-electron chi connectivity index (χ4n) is 2.09. The molecule has 106 valence electrons. The summed E-state index contributed by atoms with van der Waals surface area (Å²) in [6.07, 6.45) is 3.05. The number of amides is 1. The molecule has 20 heavy (non-hydrogen) atoms. The van der Waals surface area contributed by atoms with E-state index in [4.69, 9.17) is 10.2 Å². The summed E-state index contributed by atoms with van der Waals surface area (Å²) in [6.45, 7) is 0.449. The first-order valence-electron chi connectivity index (χ1n) is 6.73. The van der Waals surface area contributed by atoms with Gasteiger partial charge in [-0.3, -0.25) is 4.79 Å². The predicted octanol–water partition coefficient (Wildman–Crippen LogP) is 2.20. The van der Waals surface area contributed by atoms with Crippen molar-refractivity contribution in [3.63, 3.8) is 0 Å². The Bertz CT molecular complexity index is 523. The summed E-state index contributed by atoms with van der Waals surface area (Å²) in [7, 11) is 1.74. The van der Waals surface area contributed by atoms with Gasteiger partial charge in [-0.05, 0) is 30.5 Å². The second-order valence-electron chi connectivity index (χ2n) is 4.90. The Morgan fingerprint density at radius 2 is 2.00 bits per heavy atom. The Morgan fingerprint density at radius 3 is 2.65 bits per heavy atom. The lowest BCUT2D eigenvalue weighted by molar-refractivity contribution is -0.132. The molecular formula is C16H20N2O2. The number of aryl methyl sites for hydroxylation is 1. The number of rotatable bonds is 6. The maximum Gasteiger partial charge on any atom is 0.239 e. The van der Waals surface area contributed by atoms with Crippen molar-refractivity contribution in [1.29, 1.82) is 0 Å². The monoisotopic (exact) mass is 272 g/mol. The molecular weight excluding hydrogens is 252 g/mol. The lowest BCUT2D eigenvalue weighted by Crippen LogP contribution is -2.41. The summed E-state index contributed by atoms with van der Waals surface area (Å²) in [6, 6.07) is 13.2. The first-order valence-corrected chi connectivity index (χ1v) is 6.73. The summed E-state index contributed by atoms with van der Waals surface area (Å²) in [4.78, 5) is 13.8. The quantitative estimate of drug-likeness (QED) is 0.877. The van der Waals surface area contributed by atoms with Gasteiger partial charge in [-0.2, -0.15) is 0 Å². The molecule has 0 radical (unpaired) electrons. The SMILES string of the molecule is CN(Cc1ccco1)C(=O)[C@@H](N)CCc1ccccc1. The second-order valence-corrected chi connectivity index (χ2v) is 4.90. The number of carbonyl (C=O) groups is 1. The molecule has 2 aromatic rings. The van der Waals surface area contributed by atoms with E-state index >= 15 is 0 Å². The topological polar surface area (TPSA) is 59.5 Å². The third-order valence-corrected chi connectivity index (χ3v) is 3.25. The van der Waals surface area contributed by atoms with Gasteiger partial charge >= 0.3 is 0 Å². The van der Waals surface area contributed by atoms with Gasteiger partial charge in [-0.25, -0.2) is 0 Å². The van der Waals surface area contributed by atoms with Crippen LogP contribution in [0.5, 0.6) is 0 Å². The van der Waals surface area contributed by atoms with E-state index in [1.165, 1.54) is 5.56 Å². The zero-order valence-electron chi connectivity index (χ0n) is 11.7. The smallest absolute Gasteiger partial charge is 0.239 e. The molecule has 0 aliphatic rings. The maximum absolute atomic E-state index is 12.1. The highest BCUT2D eigenvalue weighted by atomic mass is 16.3. The number of hydrogen-bond donors (Lipinski definition) is 1. The van der Waals surface area contributed by atoms with Crippen molar-refractivity contribution in [1.82, 2.24) is 4.90 Å². The molecule has 1 atom stereocenters. The van der Waals surface area contributed by atoms with Crippen LogP contribution >= 0.6 is 0 Å². The molecule has 0 saturated carbocycles. The Balaban J connectivity index is 1.82.